The Morgan fingerprint density at radius 2 is 1.79 bits per heavy atom. The van der Waals surface area contributed by atoms with E-state index in [9.17, 15) is 13.5 Å². The predicted molar refractivity (Wildman–Crippen MR) is 72.0 cm³/mol. The van der Waals surface area contributed by atoms with E-state index in [1.807, 2.05) is 12.1 Å². The number of sulfonamides is 1. The van der Waals surface area contributed by atoms with E-state index in [1.54, 1.807) is 12.1 Å². The van der Waals surface area contributed by atoms with Crippen molar-refractivity contribution in [1.82, 2.24) is 0 Å². The molecule has 3 rings (SSSR count). The first-order valence-corrected chi connectivity index (χ1v) is 8.27. The van der Waals surface area contributed by atoms with Gasteiger partial charge >= 0.3 is 0 Å². The average molecular weight is 281 g/mol. The highest BCUT2D eigenvalue weighted by atomic mass is 32.2. The van der Waals surface area contributed by atoms with Crippen LogP contribution >= 0.6 is 0 Å². The van der Waals surface area contributed by atoms with E-state index >= 15 is 0 Å². The Morgan fingerprint density at radius 1 is 1.21 bits per heavy atom. The third kappa shape index (κ3) is 2.00. The fraction of sp³-hybridized carbons (Fsp3) is 0.571. The van der Waals surface area contributed by atoms with Crippen molar-refractivity contribution in [3.63, 3.8) is 0 Å². The standard InChI is InChI=1S/C14H19NO3S/c15-19(17,18)11-5-3-10(4-6-11)13-12(9-16)14(13)7-1-2-8-14/h3-6,12-13,16H,1-2,7-9H2,(H2,15,17,18)/t12-,13-/m1/s1. The quantitative estimate of drug-likeness (QED) is 0.883. The van der Waals surface area contributed by atoms with Gasteiger partial charge in [0.15, 0.2) is 0 Å². The molecule has 0 bridgehead atoms. The molecule has 2 fully saturated rings. The summed E-state index contributed by atoms with van der Waals surface area (Å²) < 4.78 is 22.5. The maximum atomic E-state index is 11.2. The molecule has 2 saturated carbocycles. The summed E-state index contributed by atoms with van der Waals surface area (Å²) in [5.74, 6) is 0.727. The predicted octanol–water partition coefficient (Wildman–Crippen LogP) is 1.60. The molecule has 0 radical (unpaired) electrons. The Morgan fingerprint density at radius 3 is 2.26 bits per heavy atom. The summed E-state index contributed by atoms with van der Waals surface area (Å²) in [6.45, 7) is 0.224. The molecular formula is C14H19NO3S. The van der Waals surface area contributed by atoms with Gasteiger partial charge < -0.3 is 5.11 Å². The van der Waals surface area contributed by atoms with Crippen molar-refractivity contribution in [3.05, 3.63) is 29.8 Å². The summed E-state index contributed by atoms with van der Waals surface area (Å²) in [4.78, 5) is 0.151. The summed E-state index contributed by atoms with van der Waals surface area (Å²) in [6, 6.07) is 6.83. The Balaban J connectivity index is 1.88. The van der Waals surface area contributed by atoms with Crippen LogP contribution in [0.25, 0.3) is 0 Å². The van der Waals surface area contributed by atoms with Gasteiger partial charge in [0.05, 0.1) is 4.90 Å². The van der Waals surface area contributed by atoms with Crippen LogP contribution in [0.1, 0.15) is 37.2 Å². The van der Waals surface area contributed by atoms with Crippen LogP contribution in [0.15, 0.2) is 29.2 Å². The van der Waals surface area contributed by atoms with E-state index in [0.29, 0.717) is 11.8 Å². The topological polar surface area (TPSA) is 80.4 Å². The van der Waals surface area contributed by atoms with Crippen molar-refractivity contribution >= 4 is 10.0 Å². The second-order valence-electron chi connectivity index (χ2n) is 5.82. The van der Waals surface area contributed by atoms with Crippen LogP contribution in [0, 0.1) is 11.3 Å². The van der Waals surface area contributed by atoms with Gasteiger partial charge in [-0.05, 0) is 47.8 Å². The lowest BCUT2D eigenvalue weighted by atomic mass is 9.97. The molecule has 1 aromatic rings. The van der Waals surface area contributed by atoms with Gasteiger partial charge in [-0.25, -0.2) is 13.6 Å². The van der Waals surface area contributed by atoms with E-state index in [-0.39, 0.29) is 16.9 Å². The monoisotopic (exact) mass is 281 g/mol. The van der Waals surface area contributed by atoms with Crippen molar-refractivity contribution in [2.45, 2.75) is 36.5 Å². The number of primary sulfonamides is 1. The lowest BCUT2D eigenvalue weighted by molar-refractivity contribution is 0.249. The summed E-state index contributed by atoms with van der Waals surface area (Å²) in [7, 11) is -3.62. The zero-order valence-electron chi connectivity index (χ0n) is 10.7. The molecule has 0 heterocycles. The Kier molecular flexibility index (Phi) is 2.96. The molecule has 2 aliphatic carbocycles. The Bertz CT molecular complexity index is 573. The number of benzene rings is 1. The minimum absolute atomic E-state index is 0.151. The van der Waals surface area contributed by atoms with Gasteiger partial charge in [-0.15, -0.1) is 0 Å². The fourth-order valence-electron chi connectivity index (χ4n) is 4.01. The van der Waals surface area contributed by atoms with Crippen molar-refractivity contribution in [2.24, 2.45) is 16.5 Å². The molecule has 104 valence electrons. The largest absolute Gasteiger partial charge is 0.396 e. The molecule has 0 amide bonds. The highest BCUT2D eigenvalue weighted by Crippen LogP contribution is 2.72. The van der Waals surface area contributed by atoms with Crippen LogP contribution in [0.5, 0.6) is 0 Å². The van der Waals surface area contributed by atoms with E-state index < -0.39 is 10.0 Å². The van der Waals surface area contributed by atoms with Gasteiger partial charge in [-0.3, -0.25) is 0 Å². The van der Waals surface area contributed by atoms with Crippen LogP contribution in [0.4, 0.5) is 0 Å². The minimum Gasteiger partial charge on any atom is -0.396 e. The molecule has 0 unspecified atom stereocenters. The fourth-order valence-corrected chi connectivity index (χ4v) is 4.52. The first-order valence-electron chi connectivity index (χ1n) is 6.73. The van der Waals surface area contributed by atoms with Crippen LogP contribution in [0.2, 0.25) is 0 Å². The number of aliphatic hydroxyl groups excluding tert-OH is 1. The molecule has 2 aliphatic rings. The summed E-state index contributed by atoms with van der Waals surface area (Å²) in [5.41, 5.74) is 1.41. The van der Waals surface area contributed by atoms with Crippen LogP contribution in [0.3, 0.4) is 0 Å². The lowest BCUT2D eigenvalue weighted by Crippen LogP contribution is -2.11. The second kappa shape index (κ2) is 4.30. The van der Waals surface area contributed by atoms with Crippen molar-refractivity contribution in [1.29, 1.82) is 0 Å². The molecule has 3 N–H and O–H groups in total. The van der Waals surface area contributed by atoms with E-state index in [0.717, 1.165) is 5.56 Å². The maximum absolute atomic E-state index is 11.2. The number of rotatable bonds is 3. The SMILES string of the molecule is NS(=O)(=O)c1ccc([C@@H]2[C@@H](CO)C23CCCC3)cc1. The third-order valence-corrected chi connectivity index (χ3v) is 5.88. The zero-order valence-corrected chi connectivity index (χ0v) is 11.6. The first-order chi connectivity index (χ1) is 8.99. The zero-order chi connectivity index (χ0) is 13.7. The highest BCUT2D eigenvalue weighted by Gasteiger charge is 2.64. The molecule has 2 atom stereocenters. The Hall–Kier alpha value is -0.910. The van der Waals surface area contributed by atoms with Crippen molar-refractivity contribution in [2.75, 3.05) is 6.61 Å². The number of nitrogens with two attached hydrogens (primary N) is 1. The lowest BCUT2D eigenvalue weighted by Gasteiger charge is -2.08. The molecule has 5 heteroatoms. The molecule has 19 heavy (non-hydrogen) atoms. The van der Waals surface area contributed by atoms with Gasteiger partial charge in [0.1, 0.15) is 0 Å². The highest BCUT2D eigenvalue weighted by molar-refractivity contribution is 7.89. The first kappa shape index (κ1) is 13.1. The molecule has 0 aliphatic heterocycles. The van der Waals surface area contributed by atoms with Crippen molar-refractivity contribution < 1.29 is 13.5 Å². The smallest absolute Gasteiger partial charge is 0.238 e. The van der Waals surface area contributed by atoms with E-state index in [4.69, 9.17) is 5.14 Å². The third-order valence-electron chi connectivity index (χ3n) is 4.95. The number of aliphatic hydroxyl groups is 1. The van der Waals surface area contributed by atoms with E-state index in [1.165, 1.54) is 25.7 Å². The normalized spacial score (nSPS) is 28.7. The summed E-state index contributed by atoms with van der Waals surface area (Å²) >= 11 is 0. The summed E-state index contributed by atoms with van der Waals surface area (Å²) in [5, 5.41) is 14.6. The van der Waals surface area contributed by atoms with Crippen LogP contribution < -0.4 is 5.14 Å². The minimum atomic E-state index is -3.62. The summed E-state index contributed by atoms with van der Waals surface area (Å²) in [6.07, 6.45) is 4.84. The molecular weight excluding hydrogens is 262 g/mol. The number of hydrogen-bond acceptors (Lipinski definition) is 3. The van der Waals surface area contributed by atoms with Gasteiger partial charge in [0, 0.05) is 6.61 Å². The van der Waals surface area contributed by atoms with Crippen LogP contribution in [-0.2, 0) is 10.0 Å². The number of hydrogen-bond donors (Lipinski definition) is 2. The van der Waals surface area contributed by atoms with E-state index in [2.05, 4.69) is 0 Å². The molecule has 1 aromatic carbocycles. The molecule has 0 aromatic heterocycles. The average Bonchev–Trinajstić information content (AvgIpc) is 2.72. The molecule has 0 saturated heterocycles. The van der Waals surface area contributed by atoms with Crippen LogP contribution in [-0.4, -0.2) is 20.1 Å². The van der Waals surface area contributed by atoms with Crippen molar-refractivity contribution in [3.8, 4) is 0 Å². The van der Waals surface area contributed by atoms with Gasteiger partial charge in [-0.1, -0.05) is 25.0 Å². The molecule has 4 nitrogen and oxygen atoms in total. The Labute approximate surface area is 113 Å². The van der Waals surface area contributed by atoms with Gasteiger partial charge in [-0.2, -0.15) is 0 Å². The maximum Gasteiger partial charge on any atom is 0.238 e. The second-order valence-corrected chi connectivity index (χ2v) is 7.38. The van der Waals surface area contributed by atoms with Gasteiger partial charge in [0.2, 0.25) is 10.0 Å². The van der Waals surface area contributed by atoms with Gasteiger partial charge in [0.25, 0.3) is 0 Å². The molecule has 1 spiro atoms.